The van der Waals surface area contributed by atoms with Gasteiger partial charge in [0.05, 0.1) is 0 Å². The molecule has 0 bridgehead atoms. The Hall–Kier alpha value is -1.59. The van der Waals surface area contributed by atoms with Crippen molar-refractivity contribution in [3.63, 3.8) is 0 Å². The van der Waals surface area contributed by atoms with E-state index in [1.807, 2.05) is 12.1 Å². The summed E-state index contributed by atoms with van der Waals surface area (Å²) in [6, 6.07) is 5.47. The minimum absolute atomic E-state index is 0.0460. The first kappa shape index (κ1) is 11.9. The third-order valence-corrected chi connectivity index (χ3v) is 2.69. The largest absolute Gasteiger partial charge is 0.491 e. The molecule has 0 radical (unpaired) electrons. The molecular weight excluding hydrogens is 220 g/mol. The average Bonchev–Trinajstić information content (AvgIpc) is 2.35. The van der Waals surface area contributed by atoms with Crippen LogP contribution >= 0.6 is 0 Å². The van der Waals surface area contributed by atoms with Crippen molar-refractivity contribution < 1.29 is 14.6 Å². The van der Waals surface area contributed by atoms with E-state index in [0.717, 1.165) is 17.7 Å². The summed E-state index contributed by atoms with van der Waals surface area (Å²) in [7, 11) is 0. The lowest BCUT2D eigenvalue weighted by atomic mass is 10.0. The van der Waals surface area contributed by atoms with E-state index in [1.54, 1.807) is 6.07 Å². The van der Waals surface area contributed by atoms with Crippen molar-refractivity contribution in [2.75, 3.05) is 18.5 Å². The van der Waals surface area contributed by atoms with Gasteiger partial charge in [0.1, 0.15) is 18.5 Å². The Morgan fingerprint density at radius 2 is 2.29 bits per heavy atom. The summed E-state index contributed by atoms with van der Waals surface area (Å²) < 4.78 is 5.41. The molecule has 0 saturated carbocycles. The van der Waals surface area contributed by atoms with E-state index in [9.17, 15) is 9.90 Å². The highest BCUT2D eigenvalue weighted by atomic mass is 16.5. The van der Waals surface area contributed by atoms with Gasteiger partial charge in [0.15, 0.2) is 0 Å². The van der Waals surface area contributed by atoms with Gasteiger partial charge in [-0.05, 0) is 30.2 Å². The van der Waals surface area contributed by atoms with Crippen LogP contribution < -0.4 is 15.8 Å². The van der Waals surface area contributed by atoms with Crippen LogP contribution in [0.3, 0.4) is 0 Å². The fourth-order valence-electron chi connectivity index (χ4n) is 1.71. The van der Waals surface area contributed by atoms with Gasteiger partial charge in [-0.15, -0.1) is 0 Å². The third kappa shape index (κ3) is 2.95. The summed E-state index contributed by atoms with van der Waals surface area (Å²) in [5, 5.41) is 12.1. The van der Waals surface area contributed by atoms with Gasteiger partial charge >= 0.3 is 0 Å². The molecule has 1 heterocycles. The van der Waals surface area contributed by atoms with Crippen LogP contribution in [0.1, 0.15) is 12.0 Å². The van der Waals surface area contributed by atoms with Gasteiger partial charge < -0.3 is 20.9 Å². The van der Waals surface area contributed by atoms with Crippen molar-refractivity contribution in [3.05, 3.63) is 23.8 Å². The monoisotopic (exact) mass is 236 g/mol. The van der Waals surface area contributed by atoms with Crippen LogP contribution in [-0.2, 0) is 11.2 Å². The first-order valence-corrected chi connectivity index (χ1v) is 5.63. The zero-order chi connectivity index (χ0) is 12.3. The molecule has 92 valence electrons. The Kier molecular flexibility index (Phi) is 3.61. The van der Waals surface area contributed by atoms with E-state index in [0.29, 0.717) is 12.2 Å². The number of benzene rings is 1. The number of nitrogens with two attached hydrogens (primary N) is 1. The highest BCUT2D eigenvalue weighted by Crippen LogP contribution is 2.26. The van der Waals surface area contributed by atoms with Crippen molar-refractivity contribution in [2.24, 2.45) is 5.73 Å². The van der Waals surface area contributed by atoms with Crippen molar-refractivity contribution in [1.82, 2.24) is 0 Å². The number of carbonyl (C=O) groups is 1. The Balaban J connectivity index is 2.04. The lowest BCUT2D eigenvalue weighted by Crippen LogP contribution is -2.26. The number of aliphatic hydroxyl groups excluding tert-OH is 1. The van der Waals surface area contributed by atoms with Crippen molar-refractivity contribution in [3.8, 4) is 5.75 Å². The minimum Gasteiger partial charge on any atom is -0.491 e. The standard InChI is InChI=1S/C12H16N2O3/c13-6-9(15)7-17-10-2-3-11-8(5-10)1-4-12(16)14-11/h2-3,5,9,15H,1,4,6-7,13H2,(H,14,16)/t9-/m1/s1. The number of hydrogen-bond acceptors (Lipinski definition) is 4. The van der Waals surface area contributed by atoms with E-state index >= 15 is 0 Å². The summed E-state index contributed by atoms with van der Waals surface area (Å²) in [4.78, 5) is 11.2. The summed E-state index contributed by atoms with van der Waals surface area (Å²) in [6.07, 6.45) is 0.574. The molecule has 0 spiro atoms. The van der Waals surface area contributed by atoms with Crippen LogP contribution in [0.4, 0.5) is 5.69 Å². The maximum absolute atomic E-state index is 11.2. The number of aryl methyl sites for hydroxylation is 1. The smallest absolute Gasteiger partial charge is 0.224 e. The van der Waals surface area contributed by atoms with Crippen LogP contribution in [0, 0.1) is 0 Å². The van der Waals surface area contributed by atoms with E-state index in [4.69, 9.17) is 10.5 Å². The van der Waals surface area contributed by atoms with Gasteiger partial charge in [-0.2, -0.15) is 0 Å². The SMILES string of the molecule is NC[C@@H](O)COc1ccc2c(c1)CCC(=O)N2. The summed E-state index contributed by atoms with van der Waals surface area (Å²) in [6.45, 7) is 0.364. The van der Waals surface area contributed by atoms with Crippen LogP contribution in [0.25, 0.3) is 0 Å². The fourth-order valence-corrected chi connectivity index (χ4v) is 1.71. The number of fused-ring (bicyclic) bond motifs is 1. The van der Waals surface area contributed by atoms with Gasteiger partial charge in [-0.25, -0.2) is 0 Å². The zero-order valence-electron chi connectivity index (χ0n) is 9.48. The molecule has 0 aromatic heterocycles. The Morgan fingerprint density at radius 3 is 3.06 bits per heavy atom. The molecule has 1 aromatic rings. The number of hydrogen-bond donors (Lipinski definition) is 3. The van der Waals surface area contributed by atoms with E-state index in [2.05, 4.69) is 5.32 Å². The topological polar surface area (TPSA) is 84.6 Å². The Morgan fingerprint density at radius 1 is 1.47 bits per heavy atom. The minimum atomic E-state index is -0.647. The third-order valence-electron chi connectivity index (χ3n) is 2.69. The van der Waals surface area contributed by atoms with E-state index in [1.165, 1.54) is 0 Å². The average molecular weight is 236 g/mol. The van der Waals surface area contributed by atoms with Gasteiger partial charge in [0.25, 0.3) is 0 Å². The zero-order valence-corrected chi connectivity index (χ0v) is 9.48. The predicted molar refractivity (Wildman–Crippen MR) is 63.9 cm³/mol. The molecule has 5 nitrogen and oxygen atoms in total. The molecule has 5 heteroatoms. The normalized spacial score (nSPS) is 16.0. The second-order valence-corrected chi connectivity index (χ2v) is 4.07. The maximum atomic E-state index is 11.2. The number of nitrogens with one attached hydrogen (secondary N) is 1. The molecule has 0 aliphatic carbocycles. The van der Waals surface area contributed by atoms with Crippen LogP contribution in [-0.4, -0.2) is 30.3 Å². The van der Waals surface area contributed by atoms with Crippen molar-refractivity contribution >= 4 is 11.6 Å². The highest BCUT2D eigenvalue weighted by Gasteiger charge is 2.15. The molecule has 1 aromatic carbocycles. The Bertz CT molecular complexity index is 420. The van der Waals surface area contributed by atoms with Gasteiger partial charge in [0.2, 0.25) is 5.91 Å². The molecular formula is C12H16N2O3. The van der Waals surface area contributed by atoms with E-state index in [-0.39, 0.29) is 19.1 Å². The molecule has 2 rings (SSSR count). The number of anilines is 1. The lowest BCUT2D eigenvalue weighted by Gasteiger charge is -2.18. The summed E-state index contributed by atoms with van der Waals surface area (Å²) in [5.74, 6) is 0.733. The van der Waals surface area contributed by atoms with Gasteiger partial charge in [-0.3, -0.25) is 4.79 Å². The first-order chi connectivity index (χ1) is 8.19. The van der Waals surface area contributed by atoms with Crippen LogP contribution in [0.15, 0.2) is 18.2 Å². The molecule has 1 aliphatic heterocycles. The summed E-state index contributed by atoms with van der Waals surface area (Å²) in [5.41, 5.74) is 7.19. The van der Waals surface area contributed by atoms with E-state index < -0.39 is 6.10 Å². The second-order valence-electron chi connectivity index (χ2n) is 4.07. The summed E-state index contributed by atoms with van der Waals surface area (Å²) >= 11 is 0. The van der Waals surface area contributed by atoms with Crippen LogP contribution in [0.5, 0.6) is 5.75 Å². The number of carbonyl (C=O) groups excluding carboxylic acids is 1. The van der Waals surface area contributed by atoms with Gasteiger partial charge in [0, 0.05) is 18.7 Å². The number of amides is 1. The van der Waals surface area contributed by atoms with Gasteiger partial charge in [-0.1, -0.05) is 0 Å². The first-order valence-electron chi connectivity index (χ1n) is 5.63. The quantitative estimate of drug-likeness (QED) is 0.700. The maximum Gasteiger partial charge on any atom is 0.224 e. The Labute approximate surface area is 99.6 Å². The molecule has 0 unspecified atom stereocenters. The molecule has 0 saturated heterocycles. The number of rotatable bonds is 4. The van der Waals surface area contributed by atoms with Crippen molar-refractivity contribution in [1.29, 1.82) is 0 Å². The second kappa shape index (κ2) is 5.16. The molecule has 1 aliphatic rings. The fraction of sp³-hybridized carbons (Fsp3) is 0.417. The van der Waals surface area contributed by atoms with Crippen molar-refractivity contribution in [2.45, 2.75) is 18.9 Å². The molecule has 1 amide bonds. The predicted octanol–water partition coefficient (Wildman–Crippen LogP) is 0.270. The molecule has 17 heavy (non-hydrogen) atoms. The number of ether oxygens (including phenoxy) is 1. The molecule has 4 N–H and O–H groups in total. The van der Waals surface area contributed by atoms with Crippen LogP contribution in [0.2, 0.25) is 0 Å². The number of aliphatic hydroxyl groups is 1. The highest BCUT2D eigenvalue weighted by molar-refractivity contribution is 5.93. The molecule has 1 atom stereocenters. The molecule has 0 fully saturated rings. The lowest BCUT2D eigenvalue weighted by molar-refractivity contribution is -0.116.